The van der Waals surface area contributed by atoms with Gasteiger partial charge in [0.1, 0.15) is 5.56 Å². The summed E-state index contributed by atoms with van der Waals surface area (Å²) >= 11 is 0. The Balaban J connectivity index is 1.53. The summed E-state index contributed by atoms with van der Waals surface area (Å²) in [6.45, 7) is 0.478. The van der Waals surface area contributed by atoms with Crippen LogP contribution >= 0.6 is 0 Å². The van der Waals surface area contributed by atoms with Crippen LogP contribution in [0.25, 0.3) is 10.8 Å². The van der Waals surface area contributed by atoms with Crippen LogP contribution < -0.4 is 16.4 Å². The van der Waals surface area contributed by atoms with Gasteiger partial charge >= 0.3 is 6.18 Å². The van der Waals surface area contributed by atoms with E-state index in [1.165, 1.54) is 0 Å². The molecule has 0 aliphatic heterocycles. The largest absolute Gasteiger partial charge is 0.423 e. The summed E-state index contributed by atoms with van der Waals surface area (Å²) in [6, 6.07) is 9.04. The number of aromatic amines is 1. The number of halogens is 3. The molecule has 2 aromatic heterocycles. The zero-order valence-corrected chi connectivity index (χ0v) is 16.8. The molecule has 1 saturated carbocycles. The Morgan fingerprint density at radius 1 is 1.13 bits per heavy atom. The fraction of sp³-hybridized carbons (Fsp3) is 0.409. The van der Waals surface area contributed by atoms with Crippen LogP contribution in [0.2, 0.25) is 0 Å². The van der Waals surface area contributed by atoms with Crippen molar-refractivity contribution >= 4 is 16.5 Å². The molecule has 2 atom stereocenters. The second-order valence-electron chi connectivity index (χ2n) is 7.97. The van der Waals surface area contributed by atoms with E-state index in [0.717, 1.165) is 30.8 Å². The zero-order chi connectivity index (χ0) is 22.0. The van der Waals surface area contributed by atoms with Crippen molar-refractivity contribution < 1.29 is 13.2 Å². The standard InChI is InChI=1S/C22H23F3N4O2/c23-22(24,25)19-18(13-26-28-20(19)30)27-17-8-4-2-6-15(17)10-12-29-11-9-14-5-1-3-7-16(14)21(29)31/h1,3,5,7,9,11,13,15,17H,2,4,6,8,10,12H2,(H2,27,28,30)/t15-,17+/m1/s1. The maximum absolute atomic E-state index is 13.4. The van der Waals surface area contributed by atoms with E-state index in [9.17, 15) is 22.8 Å². The Morgan fingerprint density at radius 3 is 2.71 bits per heavy atom. The number of nitrogens with one attached hydrogen (secondary N) is 2. The molecule has 0 radical (unpaired) electrons. The topological polar surface area (TPSA) is 79.8 Å². The van der Waals surface area contributed by atoms with E-state index in [0.29, 0.717) is 24.8 Å². The lowest BCUT2D eigenvalue weighted by Gasteiger charge is -2.33. The number of hydrogen-bond donors (Lipinski definition) is 2. The van der Waals surface area contributed by atoms with E-state index < -0.39 is 17.3 Å². The normalized spacial score (nSPS) is 19.5. The van der Waals surface area contributed by atoms with Gasteiger partial charge in [0.2, 0.25) is 0 Å². The lowest BCUT2D eigenvalue weighted by atomic mass is 9.82. The first-order valence-corrected chi connectivity index (χ1v) is 10.3. The average molecular weight is 432 g/mol. The van der Waals surface area contributed by atoms with E-state index in [4.69, 9.17) is 0 Å². The van der Waals surface area contributed by atoms with Crippen molar-refractivity contribution in [1.29, 1.82) is 0 Å². The van der Waals surface area contributed by atoms with E-state index in [-0.39, 0.29) is 23.2 Å². The van der Waals surface area contributed by atoms with Crippen LogP contribution in [-0.2, 0) is 12.7 Å². The number of hydrogen-bond acceptors (Lipinski definition) is 4. The molecule has 2 heterocycles. The highest BCUT2D eigenvalue weighted by Crippen LogP contribution is 2.35. The van der Waals surface area contributed by atoms with Gasteiger partial charge in [0, 0.05) is 24.2 Å². The smallest absolute Gasteiger partial charge is 0.380 e. The maximum atomic E-state index is 13.4. The van der Waals surface area contributed by atoms with Gasteiger partial charge in [-0.2, -0.15) is 18.3 Å². The van der Waals surface area contributed by atoms with Crippen LogP contribution in [0.4, 0.5) is 18.9 Å². The summed E-state index contributed by atoms with van der Waals surface area (Å²) in [7, 11) is 0. The summed E-state index contributed by atoms with van der Waals surface area (Å²) in [5.41, 5.74) is -2.88. The van der Waals surface area contributed by atoms with Crippen molar-refractivity contribution in [3.8, 4) is 0 Å². The molecule has 0 unspecified atom stereocenters. The van der Waals surface area contributed by atoms with E-state index >= 15 is 0 Å². The summed E-state index contributed by atoms with van der Waals surface area (Å²) in [5.74, 6) is 0.0764. The first-order chi connectivity index (χ1) is 14.8. The third-order valence-electron chi connectivity index (χ3n) is 6.02. The second-order valence-corrected chi connectivity index (χ2v) is 7.97. The van der Waals surface area contributed by atoms with Crippen LogP contribution in [-0.4, -0.2) is 20.8 Å². The minimum absolute atomic E-state index is 0.0726. The highest BCUT2D eigenvalue weighted by molar-refractivity contribution is 5.81. The Hall–Kier alpha value is -3.10. The third-order valence-corrected chi connectivity index (χ3v) is 6.02. The monoisotopic (exact) mass is 432 g/mol. The molecule has 6 nitrogen and oxygen atoms in total. The molecule has 1 aliphatic carbocycles. The fourth-order valence-electron chi connectivity index (χ4n) is 4.44. The minimum atomic E-state index is -4.78. The maximum Gasteiger partial charge on any atom is 0.423 e. The molecule has 9 heteroatoms. The summed E-state index contributed by atoms with van der Waals surface area (Å²) in [5, 5.41) is 9.86. The molecule has 4 rings (SSSR count). The lowest BCUT2D eigenvalue weighted by molar-refractivity contribution is -0.138. The summed E-state index contributed by atoms with van der Waals surface area (Å²) in [4.78, 5) is 24.5. The van der Waals surface area contributed by atoms with Crippen LogP contribution in [0, 0.1) is 5.92 Å². The molecule has 0 bridgehead atoms. The molecule has 1 aliphatic rings. The quantitative estimate of drug-likeness (QED) is 0.634. The number of aromatic nitrogens is 3. The first-order valence-electron chi connectivity index (χ1n) is 10.3. The number of fused-ring (bicyclic) bond motifs is 1. The van der Waals surface area contributed by atoms with Crippen molar-refractivity contribution in [2.75, 3.05) is 5.32 Å². The van der Waals surface area contributed by atoms with Crippen LogP contribution in [0.15, 0.2) is 52.3 Å². The highest BCUT2D eigenvalue weighted by atomic mass is 19.4. The van der Waals surface area contributed by atoms with Crippen molar-refractivity contribution in [3.63, 3.8) is 0 Å². The fourth-order valence-corrected chi connectivity index (χ4v) is 4.44. The van der Waals surface area contributed by atoms with Crippen LogP contribution in [0.3, 0.4) is 0 Å². The average Bonchev–Trinajstić information content (AvgIpc) is 2.73. The molecular weight excluding hydrogens is 409 g/mol. The van der Waals surface area contributed by atoms with Gasteiger partial charge in [-0.25, -0.2) is 5.10 Å². The van der Waals surface area contributed by atoms with Gasteiger partial charge in [-0.3, -0.25) is 9.59 Å². The Morgan fingerprint density at radius 2 is 1.90 bits per heavy atom. The van der Waals surface area contributed by atoms with Gasteiger partial charge in [0.15, 0.2) is 0 Å². The Kier molecular flexibility index (Phi) is 5.84. The SMILES string of the molecule is O=c1[nH]ncc(N[C@H]2CCCC[C@@H]2CCn2ccc3ccccc3c2=O)c1C(F)(F)F. The number of H-pyrrole nitrogens is 1. The zero-order valence-electron chi connectivity index (χ0n) is 16.8. The van der Waals surface area contributed by atoms with Gasteiger partial charge in [-0.15, -0.1) is 0 Å². The molecule has 0 amide bonds. The molecule has 31 heavy (non-hydrogen) atoms. The van der Waals surface area contributed by atoms with Gasteiger partial charge in [-0.05, 0) is 42.7 Å². The molecule has 0 saturated heterocycles. The van der Waals surface area contributed by atoms with Gasteiger partial charge < -0.3 is 9.88 Å². The van der Waals surface area contributed by atoms with Gasteiger partial charge in [0.25, 0.3) is 11.1 Å². The number of pyridine rings is 1. The molecule has 2 N–H and O–H groups in total. The summed E-state index contributed by atoms with van der Waals surface area (Å²) in [6.07, 6.45) is 2.06. The number of benzene rings is 1. The first kappa shape index (κ1) is 21.1. The molecule has 1 fully saturated rings. The van der Waals surface area contributed by atoms with Gasteiger partial charge in [0.05, 0.1) is 11.9 Å². The van der Waals surface area contributed by atoms with Gasteiger partial charge in [-0.1, -0.05) is 31.0 Å². The van der Waals surface area contributed by atoms with Crippen LogP contribution in [0.5, 0.6) is 0 Å². The Labute approximate surface area is 176 Å². The van der Waals surface area contributed by atoms with Crippen molar-refractivity contribution in [3.05, 3.63) is 69.0 Å². The van der Waals surface area contributed by atoms with Crippen molar-refractivity contribution in [2.24, 2.45) is 5.92 Å². The molecule has 0 spiro atoms. The number of anilines is 1. The van der Waals surface area contributed by atoms with E-state index in [2.05, 4.69) is 10.4 Å². The lowest BCUT2D eigenvalue weighted by Crippen LogP contribution is -2.35. The second kappa shape index (κ2) is 8.56. The Bertz CT molecular complexity index is 1190. The molecule has 164 valence electrons. The van der Waals surface area contributed by atoms with Crippen molar-refractivity contribution in [1.82, 2.24) is 14.8 Å². The molecule has 3 aromatic rings. The van der Waals surface area contributed by atoms with E-state index in [1.807, 2.05) is 29.4 Å². The predicted molar refractivity (Wildman–Crippen MR) is 112 cm³/mol. The number of nitrogens with zero attached hydrogens (tertiary/aromatic N) is 2. The number of aryl methyl sites for hydroxylation is 1. The number of rotatable bonds is 5. The van der Waals surface area contributed by atoms with Crippen molar-refractivity contribution in [2.45, 2.75) is 50.9 Å². The molecule has 1 aromatic carbocycles. The third kappa shape index (κ3) is 4.50. The van der Waals surface area contributed by atoms with E-state index in [1.54, 1.807) is 16.8 Å². The van der Waals surface area contributed by atoms with Crippen LogP contribution in [0.1, 0.15) is 37.7 Å². The predicted octanol–water partition coefficient (Wildman–Crippen LogP) is 4.16. The minimum Gasteiger partial charge on any atom is -0.380 e. The highest BCUT2D eigenvalue weighted by Gasteiger charge is 2.38. The molecular formula is C22H23F3N4O2. The number of alkyl halides is 3. The summed E-state index contributed by atoms with van der Waals surface area (Å²) < 4.78 is 41.8.